The Morgan fingerprint density at radius 1 is 1.15 bits per heavy atom. The van der Waals surface area contributed by atoms with E-state index < -0.39 is 0 Å². The van der Waals surface area contributed by atoms with E-state index in [0.29, 0.717) is 0 Å². The Morgan fingerprint density at radius 2 is 1.85 bits per heavy atom. The Morgan fingerprint density at radius 3 is 2.46 bits per heavy atom. The zero-order valence-electron chi connectivity index (χ0n) is 8.64. The molecule has 3 heteroatoms. The molecule has 1 aliphatic heterocycles. The van der Waals surface area contributed by atoms with E-state index in [9.17, 15) is 0 Å². The van der Waals surface area contributed by atoms with Gasteiger partial charge in [-0.05, 0) is 14.1 Å². The second-order valence-electron chi connectivity index (χ2n) is 3.46. The highest BCUT2D eigenvalue weighted by Gasteiger charge is 2.11. The first-order chi connectivity index (χ1) is 6.33. The van der Waals surface area contributed by atoms with Crippen LogP contribution in [0.3, 0.4) is 0 Å². The van der Waals surface area contributed by atoms with Crippen molar-refractivity contribution in [1.29, 1.82) is 0 Å². The number of rotatable bonds is 2. The first kappa shape index (κ1) is 10.5. The molecule has 0 aromatic heterocycles. The van der Waals surface area contributed by atoms with Gasteiger partial charge in [-0.3, -0.25) is 4.90 Å². The summed E-state index contributed by atoms with van der Waals surface area (Å²) in [5.41, 5.74) is 0. The maximum Gasteiger partial charge on any atom is 0.0602 e. The van der Waals surface area contributed by atoms with Gasteiger partial charge >= 0.3 is 0 Å². The minimum atomic E-state index is 0.799. The van der Waals surface area contributed by atoms with Crippen molar-refractivity contribution in [2.45, 2.75) is 0 Å². The van der Waals surface area contributed by atoms with Gasteiger partial charge in [0.25, 0.3) is 0 Å². The lowest BCUT2D eigenvalue weighted by Crippen LogP contribution is -2.44. The third-order valence-electron chi connectivity index (χ3n) is 2.29. The maximum absolute atomic E-state index is 3.17. The Hall–Kier alpha value is -0.560. The van der Waals surface area contributed by atoms with Gasteiger partial charge in [-0.2, -0.15) is 0 Å². The summed E-state index contributed by atoms with van der Waals surface area (Å²) in [5, 5.41) is 3.01. The Labute approximate surface area is 81.1 Å². The molecular weight excluding hydrogens is 162 g/mol. The predicted molar refractivity (Wildman–Crippen MR) is 55.6 cm³/mol. The van der Waals surface area contributed by atoms with Crippen LogP contribution in [0.15, 0.2) is 0 Å². The molecule has 0 unspecified atom stereocenters. The average molecular weight is 181 g/mol. The van der Waals surface area contributed by atoms with Gasteiger partial charge < -0.3 is 10.2 Å². The average Bonchev–Trinajstić information content (AvgIpc) is 2.15. The number of nitrogens with one attached hydrogen (secondary N) is 1. The monoisotopic (exact) mass is 181 g/mol. The number of hydrogen-bond acceptors (Lipinski definition) is 3. The lowest BCUT2D eigenvalue weighted by Gasteiger charge is -2.30. The SMILES string of the molecule is CNCC#CCN1CCN(C)CC1. The van der Waals surface area contributed by atoms with E-state index in [0.717, 1.165) is 26.2 Å². The van der Waals surface area contributed by atoms with E-state index in [1.807, 2.05) is 7.05 Å². The highest BCUT2D eigenvalue weighted by Crippen LogP contribution is 1.96. The summed E-state index contributed by atoms with van der Waals surface area (Å²) in [6.07, 6.45) is 0. The molecule has 1 heterocycles. The van der Waals surface area contributed by atoms with Crippen molar-refractivity contribution in [3.8, 4) is 11.8 Å². The minimum Gasteiger partial charge on any atom is -0.309 e. The molecular formula is C10H19N3. The summed E-state index contributed by atoms with van der Waals surface area (Å²) in [6.45, 7) is 6.39. The molecule has 0 spiro atoms. The highest BCUT2D eigenvalue weighted by atomic mass is 15.2. The molecule has 0 aromatic rings. The second kappa shape index (κ2) is 5.98. The van der Waals surface area contributed by atoms with E-state index in [1.165, 1.54) is 13.1 Å². The molecule has 0 aliphatic carbocycles. The van der Waals surface area contributed by atoms with Crippen molar-refractivity contribution in [2.75, 3.05) is 53.4 Å². The number of hydrogen-bond donors (Lipinski definition) is 1. The lowest BCUT2D eigenvalue weighted by atomic mass is 10.3. The lowest BCUT2D eigenvalue weighted by molar-refractivity contribution is 0.168. The number of likely N-dealkylation sites (N-methyl/N-ethyl adjacent to an activating group) is 1. The number of piperazine rings is 1. The van der Waals surface area contributed by atoms with E-state index in [4.69, 9.17) is 0 Å². The zero-order chi connectivity index (χ0) is 9.52. The van der Waals surface area contributed by atoms with E-state index in [2.05, 4.69) is 34.0 Å². The summed E-state index contributed by atoms with van der Waals surface area (Å²) in [6, 6.07) is 0. The van der Waals surface area contributed by atoms with Crippen LogP contribution >= 0.6 is 0 Å². The van der Waals surface area contributed by atoms with Gasteiger partial charge in [0.05, 0.1) is 13.1 Å². The van der Waals surface area contributed by atoms with Gasteiger partial charge in [0.2, 0.25) is 0 Å². The normalized spacial score (nSPS) is 19.5. The van der Waals surface area contributed by atoms with Crippen molar-refractivity contribution >= 4 is 0 Å². The van der Waals surface area contributed by atoms with E-state index in [-0.39, 0.29) is 0 Å². The first-order valence-corrected chi connectivity index (χ1v) is 4.84. The van der Waals surface area contributed by atoms with Crippen molar-refractivity contribution in [3.05, 3.63) is 0 Å². The summed E-state index contributed by atoms with van der Waals surface area (Å²) in [4.78, 5) is 4.76. The van der Waals surface area contributed by atoms with Gasteiger partial charge in [0.1, 0.15) is 0 Å². The van der Waals surface area contributed by atoms with Crippen LogP contribution in [-0.2, 0) is 0 Å². The topological polar surface area (TPSA) is 18.5 Å². The van der Waals surface area contributed by atoms with Gasteiger partial charge in [-0.15, -0.1) is 0 Å². The molecule has 0 saturated carbocycles. The summed E-state index contributed by atoms with van der Waals surface area (Å²) >= 11 is 0. The zero-order valence-corrected chi connectivity index (χ0v) is 8.64. The summed E-state index contributed by atoms with van der Waals surface area (Å²) < 4.78 is 0. The van der Waals surface area contributed by atoms with E-state index >= 15 is 0 Å². The molecule has 3 nitrogen and oxygen atoms in total. The quantitative estimate of drug-likeness (QED) is 0.577. The second-order valence-corrected chi connectivity index (χ2v) is 3.46. The van der Waals surface area contributed by atoms with Crippen LogP contribution in [0.4, 0.5) is 0 Å². The summed E-state index contributed by atoms with van der Waals surface area (Å²) in [7, 11) is 4.09. The van der Waals surface area contributed by atoms with Gasteiger partial charge in [0.15, 0.2) is 0 Å². The van der Waals surface area contributed by atoms with Crippen LogP contribution in [-0.4, -0.2) is 63.2 Å². The third kappa shape index (κ3) is 4.28. The Bertz CT molecular complexity index is 184. The van der Waals surface area contributed by atoms with Crippen LogP contribution in [0.2, 0.25) is 0 Å². The van der Waals surface area contributed by atoms with Crippen LogP contribution in [0, 0.1) is 11.8 Å². The Balaban J connectivity index is 2.13. The fourth-order valence-corrected chi connectivity index (χ4v) is 1.32. The molecule has 0 bridgehead atoms. The predicted octanol–water partition coefficient (Wildman–Crippen LogP) is -0.543. The first-order valence-electron chi connectivity index (χ1n) is 4.84. The maximum atomic E-state index is 3.17. The standard InChI is InChI=1S/C10H19N3/c1-11-5-3-4-6-13-9-7-12(2)8-10-13/h11H,5-10H2,1-2H3. The van der Waals surface area contributed by atoms with Crippen molar-refractivity contribution in [2.24, 2.45) is 0 Å². The van der Waals surface area contributed by atoms with Crippen molar-refractivity contribution < 1.29 is 0 Å². The summed E-state index contributed by atoms with van der Waals surface area (Å²) in [5.74, 6) is 6.24. The molecule has 1 fully saturated rings. The highest BCUT2D eigenvalue weighted by molar-refractivity contribution is 5.02. The number of nitrogens with zero attached hydrogens (tertiary/aromatic N) is 2. The van der Waals surface area contributed by atoms with Crippen LogP contribution in [0.1, 0.15) is 0 Å². The molecule has 1 saturated heterocycles. The smallest absolute Gasteiger partial charge is 0.0602 e. The molecule has 1 rings (SSSR count). The van der Waals surface area contributed by atoms with Crippen LogP contribution < -0.4 is 5.32 Å². The molecule has 74 valence electrons. The van der Waals surface area contributed by atoms with Crippen molar-refractivity contribution in [1.82, 2.24) is 15.1 Å². The van der Waals surface area contributed by atoms with Gasteiger partial charge in [-0.25, -0.2) is 0 Å². The van der Waals surface area contributed by atoms with E-state index in [1.54, 1.807) is 0 Å². The van der Waals surface area contributed by atoms with Crippen molar-refractivity contribution in [3.63, 3.8) is 0 Å². The fraction of sp³-hybridized carbons (Fsp3) is 0.800. The van der Waals surface area contributed by atoms with Crippen LogP contribution in [0.5, 0.6) is 0 Å². The fourth-order valence-electron chi connectivity index (χ4n) is 1.32. The molecule has 0 aromatic carbocycles. The van der Waals surface area contributed by atoms with Crippen LogP contribution in [0.25, 0.3) is 0 Å². The van der Waals surface area contributed by atoms with Gasteiger partial charge in [0, 0.05) is 26.2 Å². The molecule has 0 atom stereocenters. The molecule has 0 amide bonds. The van der Waals surface area contributed by atoms with Gasteiger partial charge in [-0.1, -0.05) is 11.8 Å². The largest absolute Gasteiger partial charge is 0.309 e. The third-order valence-corrected chi connectivity index (χ3v) is 2.29. The molecule has 0 radical (unpaired) electrons. The Kier molecular flexibility index (Phi) is 4.84. The molecule has 13 heavy (non-hydrogen) atoms. The minimum absolute atomic E-state index is 0.799. The molecule has 1 N–H and O–H groups in total. The molecule has 1 aliphatic rings.